The first-order chi connectivity index (χ1) is 13.4. The summed E-state index contributed by atoms with van der Waals surface area (Å²) in [5.74, 6) is 1.36. The number of carbonyl (C=O) groups is 1. The lowest BCUT2D eigenvalue weighted by molar-refractivity contribution is -0.116. The number of benzene rings is 2. The minimum absolute atomic E-state index is 0.0943. The highest BCUT2D eigenvalue weighted by atomic mass is 32.2. The van der Waals surface area contributed by atoms with E-state index in [1.807, 2.05) is 6.07 Å². The first kappa shape index (κ1) is 19.0. The smallest absolute Gasteiger partial charge is 0.263 e. The van der Waals surface area contributed by atoms with Gasteiger partial charge in [0.05, 0.1) is 27.9 Å². The second-order valence-electron chi connectivity index (χ2n) is 6.11. The van der Waals surface area contributed by atoms with Gasteiger partial charge in [-0.2, -0.15) is 0 Å². The van der Waals surface area contributed by atoms with Gasteiger partial charge in [0.15, 0.2) is 5.13 Å². The zero-order chi connectivity index (χ0) is 19.9. The molecule has 0 unspecified atom stereocenters. The summed E-state index contributed by atoms with van der Waals surface area (Å²) in [6.45, 7) is 2.04. The molecule has 0 atom stereocenters. The van der Waals surface area contributed by atoms with E-state index < -0.39 is 10.0 Å². The highest BCUT2D eigenvalue weighted by Crippen LogP contribution is 2.37. The predicted octanol–water partition coefficient (Wildman–Crippen LogP) is 3.56. The minimum atomic E-state index is -3.84. The van der Waals surface area contributed by atoms with Crippen LogP contribution >= 0.6 is 23.1 Å². The van der Waals surface area contributed by atoms with E-state index in [4.69, 9.17) is 4.74 Å². The third-order valence-electron chi connectivity index (χ3n) is 4.30. The number of sulfonamides is 1. The van der Waals surface area contributed by atoms with Crippen LogP contribution in [0, 0.1) is 0 Å². The van der Waals surface area contributed by atoms with Crippen LogP contribution in [0.2, 0.25) is 0 Å². The number of ether oxygens (including phenoxy) is 1. The van der Waals surface area contributed by atoms with Crippen molar-refractivity contribution in [3.8, 4) is 5.75 Å². The summed E-state index contributed by atoms with van der Waals surface area (Å²) in [7, 11) is -2.27. The van der Waals surface area contributed by atoms with Crippen LogP contribution < -0.4 is 14.4 Å². The topological polar surface area (TPSA) is 88.6 Å². The van der Waals surface area contributed by atoms with E-state index >= 15 is 0 Å². The van der Waals surface area contributed by atoms with Crippen LogP contribution in [-0.2, 0) is 14.8 Å². The molecular weight excluding hydrogens is 418 g/mol. The maximum atomic E-state index is 12.9. The fourth-order valence-electron chi connectivity index (χ4n) is 2.94. The summed E-state index contributed by atoms with van der Waals surface area (Å²) < 4.78 is 34.3. The number of thiazole rings is 1. The van der Waals surface area contributed by atoms with Crippen molar-refractivity contribution in [1.29, 1.82) is 0 Å². The van der Waals surface area contributed by atoms with Gasteiger partial charge in [-0.1, -0.05) is 11.3 Å². The van der Waals surface area contributed by atoms with Gasteiger partial charge < -0.3 is 9.64 Å². The van der Waals surface area contributed by atoms with Gasteiger partial charge in [-0.3, -0.25) is 9.52 Å². The summed E-state index contributed by atoms with van der Waals surface area (Å²) in [6, 6.07) is 10.2. The van der Waals surface area contributed by atoms with Crippen LogP contribution in [0.1, 0.15) is 6.92 Å². The molecule has 0 radical (unpaired) electrons. The van der Waals surface area contributed by atoms with Crippen molar-refractivity contribution in [2.75, 3.05) is 29.0 Å². The molecule has 1 aliphatic rings. The van der Waals surface area contributed by atoms with Gasteiger partial charge in [-0.15, -0.1) is 11.8 Å². The van der Waals surface area contributed by atoms with E-state index in [1.54, 1.807) is 54.1 Å². The molecule has 4 rings (SSSR count). The lowest BCUT2D eigenvalue weighted by Gasteiger charge is -2.28. The number of anilines is 2. The molecule has 3 aromatic rings. The van der Waals surface area contributed by atoms with Gasteiger partial charge in [0.1, 0.15) is 5.75 Å². The molecule has 10 heteroatoms. The predicted molar refractivity (Wildman–Crippen MR) is 112 cm³/mol. The number of methoxy groups -OCH3 is 1. The van der Waals surface area contributed by atoms with E-state index in [0.29, 0.717) is 23.5 Å². The van der Waals surface area contributed by atoms with Crippen molar-refractivity contribution in [2.45, 2.75) is 16.7 Å². The fourth-order valence-corrected chi connectivity index (χ4v) is 6.07. The second-order valence-corrected chi connectivity index (χ2v) is 9.96. The Labute approximate surface area is 170 Å². The Morgan fingerprint density at radius 2 is 2.07 bits per heavy atom. The molecule has 1 N–H and O–H groups in total. The highest BCUT2D eigenvalue weighted by Gasteiger charge is 2.24. The number of amides is 1. The SMILES string of the molecule is COc1ccc2nc(NS(=O)(=O)c3ccc4c(c3)N(C(C)=O)CCS4)sc2c1. The minimum Gasteiger partial charge on any atom is -0.497 e. The van der Waals surface area contributed by atoms with Gasteiger partial charge in [-0.05, 0) is 36.4 Å². The summed E-state index contributed by atoms with van der Waals surface area (Å²) in [5, 5.41) is 0.277. The number of hydrogen-bond acceptors (Lipinski definition) is 7. The number of nitrogens with zero attached hydrogens (tertiary/aromatic N) is 2. The number of hydrogen-bond donors (Lipinski definition) is 1. The molecule has 0 aliphatic carbocycles. The van der Waals surface area contributed by atoms with Gasteiger partial charge in [0, 0.05) is 24.1 Å². The standard InChI is InChI=1S/C18H17N3O4S3/c1-11(22)21-7-8-26-16-6-4-13(10-15(16)21)28(23,24)20-18-19-14-5-3-12(25-2)9-17(14)27-18/h3-6,9-10H,7-8H2,1-2H3,(H,19,20). The summed E-state index contributed by atoms with van der Waals surface area (Å²) >= 11 is 2.84. The molecule has 7 nitrogen and oxygen atoms in total. The van der Waals surface area contributed by atoms with Crippen LogP contribution in [0.15, 0.2) is 46.2 Å². The number of rotatable bonds is 4. The van der Waals surface area contributed by atoms with Gasteiger partial charge in [0.25, 0.3) is 10.0 Å². The van der Waals surface area contributed by atoms with Crippen molar-refractivity contribution >= 4 is 60.1 Å². The summed E-state index contributed by atoms with van der Waals surface area (Å²) in [4.78, 5) is 18.8. The summed E-state index contributed by atoms with van der Waals surface area (Å²) in [6.07, 6.45) is 0. The maximum Gasteiger partial charge on any atom is 0.263 e. The number of aromatic nitrogens is 1. The molecule has 1 aliphatic heterocycles. The lowest BCUT2D eigenvalue weighted by Crippen LogP contribution is -2.33. The molecule has 1 aromatic heterocycles. The molecule has 146 valence electrons. The van der Waals surface area contributed by atoms with E-state index in [0.717, 1.165) is 15.3 Å². The number of thioether (sulfide) groups is 1. The van der Waals surface area contributed by atoms with Crippen molar-refractivity contribution in [2.24, 2.45) is 0 Å². The quantitative estimate of drug-likeness (QED) is 0.674. The van der Waals surface area contributed by atoms with Crippen LogP contribution in [0.5, 0.6) is 5.75 Å². The monoisotopic (exact) mass is 435 g/mol. The molecule has 0 saturated heterocycles. The van der Waals surface area contributed by atoms with Crippen molar-refractivity contribution in [3.05, 3.63) is 36.4 Å². The van der Waals surface area contributed by atoms with Crippen molar-refractivity contribution in [3.63, 3.8) is 0 Å². The Morgan fingerprint density at radius 1 is 1.25 bits per heavy atom. The van der Waals surface area contributed by atoms with Crippen LogP contribution in [-0.4, -0.2) is 38.7 Å². The maximum absolute atomic E-state index is 12.9. The molecule has 0 saturated carbocycles. The Hall–Kier alpha value is -2.30. The third kappa shape index (κ3) is 3.54. The second kappa shape index (κ2) is 7.26. The normalized spacial score (nSPS) is 14.0. The highest BCUT2D eigenvalue weighted by molar-refractivity contribution is 7.99. The Morgan fingerprint density at radius 3 is 2.82 bits per heavy atom. The van der Waals surface area contributed by atoms with Crippen LogP contribution in [0.3, 0.4) is 0 Å². The molecule has 28 heavy (non-hydrogen) atoms. The Bertz CT molecular complexity index is 1170. The number of nitrogens with one attached hydrogen (secondary N) is 1. The molecule has 1 amide bonds. The zero-order valence-corrected chi connectivity index (χ0v) is 17.6. The van der Waals surface area contributed by atoms with E-state index in [9.17, 15) is 13.2 Å². The molecule has 2 aromatic carbocycles. The van der Waals surface area contributed by atoms with E-state index in [2.05, 4.69) is 9.71 Å². The van der Waals surface area contributed by atoms with Crippen LogP contribution in [0.4, 0.5) is 10.8 Å². The van der Waals surface area contributed by atoms with E-state index in [-0.39, 0.29) is 15.9 Å². The fraction of sp³-hybridized carbons (Fsp3) is 0.222. The van der Waals surface area contributed by atoms with Crippen LogP contribution in [0.25, 0.3) is 10.2 Å². The first-order valence-electron chi connectivity index (χ1n) is 8.40. The lowest BCUT2D eigenvalue weighted by atomic mass is 10.2. The van der Waals surface area contributed by atoms with E-state index in [1.165, 1.54) is 18.3 Å². The first-order valence-corrected chi connectivity index (χ1v) is 11.7. The largest absolute Gasteiger partial charge is 0.497 e. The molecule has 0 fully saturated rings. The molecular formula is C18H17N3O4S3. The average molecular weight is 436 g/mol. The molecule has 0 spiro atoms. The molecule has 2 heterocycles. The number of fused-ring (bicyclic) bond motifs is 2. The Kier molecular flexibility index (Phi) is 4.94. The zero-order valence-electron chi connectivity index (χ0n) is 15.1. The Balaban J connectivity index is 1.67. The van der Waals surface area contributed by atoms with Crippen molar-refractivity contribution in [1.82, 2.24) is 4.98 Å². The number of carbonyl (C=O) groups excluding carboxylic acids is 1. The van der Waals surface area contributed by atoms with Gasteiger partial charge in [-0.25, -0.2) is 13.4 Å². The van der Waals surface area contributed by atoms with Crippen molar-refractivity contribution < 1.29 is 17.9 Å². The average Bonchev–Trinajstić information content (AvgIpc) is 3.07. The van der Waals surface area contributed by atoms with Gasteiger partial charge in [0.2, 0.25) is 5.91 Å². The third-order valence-corrected chi connectivity index (χ3v) is 7.74. The molecule has 0 bridgehead atoms. The summed E-state index contributed by atoms with van der Waals surface area (Å²) in [5.41, 5.74) is 1.31. The van der Waals surface area contributed by atoms with Gasteiger partial charge >= 0.3 is 0 Å².